The number of carbonyl (C=O) groups excluding carboxylic acids is 2. The van der Waals surface area contributed by atoms with Gasteiger partial charge in [0.1, 0.15) is 18.1 Å². The smallest absolute Gasteiger partial charge is 0.264 e. The van der Waals surface area contributed by atoms with Gasteiger partial charge in [0.2, 0.25) is 5.91 Å². The van der Waals surface area contributed by atoms with Crippen LogP contribution >= 0.6 is 15.9 Å². The summed E-state index contributed by atoms with van der Waals surface area (Å²) >= 11 is 3.47. The zero-order chi connectivity index (χ0) is 22.0. The average Bonchev–Trinajstić information content (AvgIpc) is 2.90. The highest BCUT2D eigenvalue weighted by atomic mass is 79.9. The average molecular weight is 483 g/mol. The van der Waals surface area contributed by atoms with Crippen LogP contribution in [0.15, 0.2) is 77.3 Å². The number of amides is 2. The fourth-order valence-electron chi connectivity index (χ4n) is 3.67. The maximum atomic E-state index is 13.6. The molecule has 1 aliphatic heterocycles. The van der Waals surface area contributed by atoms with Gasteiger partial charge in [0, 0.05) is 15.7 Å². The van der Waals surface area contributed by atoms with Crippen molar-refractivity contribution >= 4 is 33.4 Å². The number of para-hydroxylation sites is 1. The molecule has 7 heteroatoms. The SMILES string of the molecule is C[C@@H](Oc1ccccc1)C(=O)N1CC(=O)Nc2ccc(Br)cc2[C@@H]1c1ccc(F)cc1. The molecule has 1 aliphatic rings. The van der Waals surface area contributed by atoms with Crippen molar-refractivity contribution in [1.82, 2.24) is 4.90 Å². The number of nitrogens with zero attached hydrogens (tertiary/aromatic N) is 1. The molecule has 0 aromatic heterocycles. The van der Waals surface area contributed by atoms with Crippen LogP contribution in [0.3, 0.4) is 0 Å². The summed E-state index contributed by atoms with van der Waals surface area (Å²) in [7, 11) is 0. The van der Waals surface area contributed by atoms with Crippen molar-refractivity contribution in [1.29, 1.82) is 0 Å². The summed E-state index contributed by atoms with van der Waals surface area (Å²) in [5.41, 5.74) is 2.03. The van der Waals surface area contributed by atoms with Crippen LogP contribution in [0, 0.1) is 5.82 Å². The first-order chi connectivity index (χ1) is 14.9. The lowest BCUT2D eigenvalue weighted by Gasteiger charge is -2.32. The topological polar surface area (TPSA) is 58.6 Å². The molecule has 0 spiro atoms. The van der Waals surface area contributed by atoms with E-state index in [-0.39, 0.29) is 24.2 Å². The predicted molar refractivity (Wildman–Crippen MR) is 119 cm³/mol. The Kier molecular flexibility index (Phi) is 6.04. The van der Waals surface area contributed by atoms with Gasteiger partial charge in [-0.2, -0.15) is 0 Å². The molecule has 3 aromatic carbocycles. The third-order valence-electron chi connectivity index (χ3n) is 5.08. The second-order valence-electron chi connectivity index (χ2n) is 7.27. The normalized spacial score (nSPS) is 16.7. The third-order valence-corrected chi connectivity index (χ3v) is 5.57. The molecule has 2 atom stereocenters. The quantitative estimate of drug-likeness (QED) is 0.573. The van der Waals surface area contributed by atoms with E-state index in [1.54, 1.807) is 37.3 Å². The van der Waals surface area contributed by atoms with Gasteiger partial charge in [0.15, 0.2) is 6.10 Å². The molecule has 0 aliphatic carbocycles. The Morgan fingerprint density at radius 3 is 2.55 bits per heavy atom. The van der Waals surface area contributed by atoms with Gasteiger partial charge < -0.3 is 15.0 Å². The van der Waals surface area contributed by atoms with Crippen LogP contribution in [-0.2, 0) is 9.59 Å². The number of nitrogens with one attached hydrogen (secondary N) is 1. The first-order valence-electron chi connectivity index (χ1n) is 9.79. The number of ether oxygens (including phenoxy) is 1. The fourth-order valence-corrected chi connectivity index (χ4v) is 4.05. The molecule has 0 radical (unpaired) electrons. The summed E-state index contributed by atoms with van der Waals surface area (Å²) in [6, 6.07) is 19.8. The number of hydrogen-bond acceptors (Lipinski definition) is 3. The van der Waals surface area contributed by atoms with Gasteiger partial charge in [-0.3, -0.25) is 9.59 Å². The molecule has 0 bridgehead atoms. The largest absolute Gasteiger partial charge is 0.481 e. The molecule has 31 heavy (non-hydrogen) atoms. The summed E-state index contributed by atoms with van der Waals surface area (Å²) in [6.45, 7) is 1.50. The van der Waals surface area contributed by atoms with E-state index < -0.39 is 12.1 Å². The van der Waals surface area contributed by atoms with Crippen LogP contribution in [0.2, 0.25) is 0 Å². The number of anilines is 1. The van der Waals surface area contributed by atoms with Gasteiger partial charge in [-0.15, -0.1) is 0 Å². The van der Waals surface area contributed by atoms with Gasteiger partial charge in [0.05, 0.1) is 6.04 Å². The molecule has 4 rings (SSSR count). The van der Waals surface area contributed by atoms with Crippen LogP contribution in [-0.4, -0.2) is 29.4 Å². The monoisotopic (exact) mass is 482 g/mol. The van der Waals surface area contributed by atoms with Crippen molar-refractivity contribution in [3.8, 4) is 5.75 Å². The minimum absolute atomic E-state index is 0.157. The van der Waals surface area contributed by atoms with Crippen LogP contribution in [0.1, 0.15) is 24.1 Å². The molecule has 0 saturated heterocycles. The van der Waals surface area contributed by atoms with E-state index in [1.165, 1.54) is 17.0 Å². The highest BCUT2D eigenvalue weighted by Gasteiger charge is 2.36. The molecule has 1 N–H and O–H groups in total. The summed E-state index contributed by atoms with van der Waals surface area (Å²) in [5.74, 6) is -0.474. The summed E-state index contributed by atoms with van der Waals surface area (Å²) in [4.78, 5) is 27.6. The lowest BCUT2D eigenvalue weighted by atomic mass is 9.95. The molecule has 3 aromatic rings. The minimum atomic E-state index is -0.827. The maximum absolute atomic E-state index is 13.6. The second-order valence-corrected chi connectivity index (χ2v) is 8.19. The summed E-state index contributed by atoms with van der Waals surface area (Å²) < 4.78 is 20.2. The fraction of sp³-hybridized carbons (Fsp3) is 0.167. The molecule has 158 valence electrons. The molecule has 5 nitrogen and oxygen atoms in total. The molecule has 1 heterocycles. The summed E-state index contributed by atoms with van der Waals surface area (Å²) in [6.07, 6.45) is -0.827. The van der Waals surface area contributed by atoms with E-state index in [1.807, 2.05) is 30.3 Å². The Labute approximate surface area is 188 Å². The van der Waals surface area contributed by atoms with Crippen LogP contribution in [0.5, 0.6) is 5.75 Å². The van der Waals surface area contributed by atoms with Gasteiger partial charge in [-0.1, -0.05) is 46.3 Å². The van der Waals surface area contributed by atoms with E-state index in [4.69, 9.17) is 4.74 Å². The molecular weight excluding hydrogens is 463 g/mol. The van der Waals surface area contributed by atoms with Gasteiger partial charge in [-0.05, 0) is 55.0 Å². The zero-order valence-electron chi connectivity index (χ0n) is 16.7. The molecule has 0 fully saturated rings. The molecular formula is C24H20BrFN2O3. The second kappa shape index (κ2) is 8.89. The highest BCUT2D eigenvalue weighted by molar-refractivity contribution is 9.10. The standard InChI is InChI=1S/C24H20BrFN2O3/c1-15(31-19-5-3-2-4-6-19)24(30)28-14-22(29)27-21-12-9-17(25)13-20(21)23(28)16-7-10-18(26)11-8-16/h2-13,15,23H,14H2,1H3,(H,27,29)/t15-,23+/m1/s1. The molecule has 0 unspecified atom stereocenters. The Morgan fingerprint density at radius 1 is 1.13 bits per heavy atom. The van der Waals surface area contributed by atoms with Crippen molar-refractivity contribution in [2.75, 3.05) is 11.9 Å². The van der Waals surface area contributed by atoms with E-state index in [2.05, 4.69) is 21.2 Å². The van der Waals surface area contributed by atoms with Gasteiger partial charge in [-0.25, -0.2) is 4.39 Å². The lowest BCUT2D eigenvalue weighted by molar-refractivity contribution is -0.142. The van der Waals surface area contributed by atoms with Crippen LogP contribution in [0.25, 0.3) is 0 Å². The van der Waals surface area contributed by atoms with Crippen molar-refractivity contribution < 1.29 is 18.7 Å². The van der Waals surface area contributed by atoms with E-state index >= 15 is 0 Å². The Balaban J connectivity index is 1.76. The van der Waals surface area contributed by atoms with Crippen molar-refractivity contribution in [2.45, 2.75) is 19.1 Å². The Hall–Kier alpha value is -3.19. The van der Waals surface area contributed by atoms with Gasteiger partial charge in [0.25, 0.3) is 5.91 Å². The Morgan fingerprint density at radius 2 is 1.84 bits per heavy atom. The number of hydrogen-bond donors (Lipinski definition) is 1. The first-order valence-corrected chi connectivity index (χ1v) is 10.6. The number of benzene rings is 3. The predicted octanol–water partition coefficient (Wildman–Crippen LogP) is 4.93. The Bertz CT molecular complexity index is 1110. The van der Waals surface area contributed by atoms with Crippen molar-refractivity contribution in [3.63, 3.8) is 0 Å². The van der Waals surface area contributed by atoms with Crippen molar-refractivity contribution in [2.24, 2.45) is 0 Å². The third kappa shape index (κ3) is 4.61. The van der Waals surface area contributed by atoms with Gasteiger partial charge >= 0.3 is 0 Å². The summed E-state index contributed by atoms with van der Waals surface area (Å²) in [5, 5.41) is 2.87. The van der Waals surface area contributed by atoms with E-state index in [9.17, 15) is 14.0 Å². The first kappa shape index (κ1) is 21.1. The molecule has 2 amide bonds. The lowest BCUT2D eigenvalue weighted by Crippen LogP contribution is -2.45. The van der Waals surface area contributed by atoms with Crippen LogP contribution < -0.4 is 10.1 Å². The van der Waals surface area contributed by atoms with E-state index in [0.717, 1.165) is 10.0 Å². The maximum Gasteiger partial charge on any atom is 0.264 e. The number of fused-ring (bicyclic) bond motifs is 1. The highest BCUT2D eigenvalue weighted by Crippen LogP contribution is 2.37. The zero-order valence-corrected chi connectivity index (χ0v) is 18.3. The number of rotatable bonds is 4. The van der Waals surface area contributed by atoms with E-state index in [0.29, 0.717) is 17.0 Å². The molecule has 0 saturated carbocycles. The number of halogens is 2. The number of carbonyl (C=O) groups is 2. The minimum Gasteiger partial charge on any atom is -0.481 e. The van der Waals surface area contributed by atoms with Crippen LogP contribution in [0.4, 0.5) is 10.1 Å². The van der Waals surface area contributed by atoms with Crippen molar-refractivity contribution in [3.05, 3.63) is 94.2 Å².